The number of nitrogens with two attached hydrogens (primary N) is 1. The Morgan fingerprint density at radius 2 is 2.00 bits per heavy atom. The molecule has 0 atom stereocenters. The number of nitrogens with one attached hydrogen (secondary N) is 1. The second kappa shape index (κ2) is 8.93. The minimum absolute atomic E-state index is 0.387. The molecular formula is C21H25ClN4O. The Kier molecular flexibility index (Phi) is 6.37. The largest absolute Gasteiger partial charge is 0.370 e. The molecule has 2 aliphatic rings. The zero-order valence-electron chi connectivity index (χ0n) is 15.5. The molecule has 1 aromatic rings. The molecule has 0 aliphatic carbocycles. The summed E-state index contributed by atoms with van der Waals surface area (Å²) in [4.78, 5) is 16.8. The first-order valence-electron chi connectivity index (χ1n) is 9.12. The lowest BCUT2D eigenvalue weighted by molar-refractivity contribution is -0.112. The number of allylic oxidation sites excluding steroid dienone is 4. The summed E-state index contributed by atoms with van der Waals surface area (Å²) in [5.74, 6) is -0.387. The maximum atomic E-state index is 12.4. The average Bonchev–Trinajstić information content (AvgIpc) is 2.70. The number of benzene rings is 1. The number of rotatable bonds is 5. The fraction of sp³-hybridized carbons (Fsp3) is 0.286. The van der Waals surface area contributed by atoms with Gasteiger partial charge < -0.3 is 20.9 Å². The fourth-order valence-electron chi connectivity index (χ4n) is 3.58. The second-order valence-electron chi connectivity index (χ2n) is 6.44. The molecule has 2 aliphatic heterocycles. The van der Waals surface area contributed by atoms with E-state index in [4.69, 9.17) is 17.3 Å². The number of carbonyl (C=O) groups excluding carboxylic acids is 1. The van der Waals surface area contributed by atoms with Crippen molar-refractivity contribution in [3.8, 4) is 0 Å². The van der Waals surface area contributed by atoms with Crippen LogP contribution in [-0.4, -0.2) is 43.5 Å². The van der Waals surface area contributed by atoms with Crippen molar-refractivity contribution in [2.45, 2.75) is 6.92 Å². The normalized spacial score (nSPS) is 18.5. The number of hydrogen-bond acceptors (Lipinski definition) is 4. The first-order chi connectivity index (χ1) is 13.2. The van der Waals surface area contributed by atoms with Crippen molar-refractivity contribution < 1.29 is 4.79 Å². The molecule has 1 amide bonds. The topological polar surface area (TPSA) is 61.6 Å². The molecule has 0 saturated carbocycles. The van der Waals surface area contributed by atoms with E-state index in [-0.39, 0.29) is 5.91 Å². The minimum atomic E-state index is -0.387. The lowest BCUT2D eigenvalue weighted by Crippen LogP contribution is -2.47. The van der Waals surface area contributed by atoms with Gasteiger partial charge in [-0.05, 0) is 25.1 Å². The standard InChI is InChI=1S/C21H25ClN4O/c1-2-3-6-16(9-10-22)26-15-19(25-13-11-24-12-14-25)20(21(23)27)17-7-4-5-8-18(17)26/h2-10,24H,11-15H2,1H3,(H2,23,27)/b3-2-,10-9+,16-6+. The van der Waals surface area contributed by atoms with Gasteiger partial charge in [0.05, 0.1) is 12.1 Å². The highest BCUT2D eigenvalue weighted by molar-refractivity contribution is 6.25. The molecular weight excluding hydrogens is 360 g/mol. The van der Waals surface area contributed by atoms with Crippen LogP contribution in [0.4, 0.5) is 5.69 Å². The number of primary amides is 1. The number of piperazine rings is 1. The molecule has 0 unspecified atom stereocenters. The number of halogens is 1. The molecule has 3 N–H and O–H groups in total. The van der Waals surface area contributed by atoms with Gasteiger partial charge in [0.25, 0.3) is 5.91 Å². The van der Waals surface area contributed by atoms with Crippen LogP contribution in [0.25, 0.3) is 5.57 Å². The summed E-state index contributed by atoms with van der Waals surface area (Å²) in [6, 6.07) is 7.88. The number of anilines is 1. The highest BCUT2D eigenvalue weighted by atomic mass is 35.5. The molecule has 1 aromatic carbocycles. The summed E-state index contributed by atoms with van der Waals surface area (Å²) in [6.45, 7) is 6.02. The van der Waals surface area contributed by atoms with Crippen LogP contribution >= 0.6 is 11.6 Å². The van der Waals surface area contributed by atoms with Gasteiger partial charge in [-0.2, -0.15) is 0 Å². The second-order valence-corrected chi connectivity index (χ2v) is 6.69. The van der Waals surface area contributed by atoms with Gasteiger partial charge >= 0.3 is 0 Å². The first-order valence-corrected chi connectivity index (χ1v) is 9.56. The first kappa shape index (κ1) is 19.3. The number of para-hydroxylation sites is 1. The Morgan fingerprint density at radius 1 is 1.26 bits per heavy atom. The van der Waals surface area contributed by atoms with E-state index in [2.05, 4.69) is 15.1 Å². The molecule has 27 heavy (non-hydrogen) atoms. The van der Waals surface area contributed by atoms with E-state index in [1.165, 1.54) is 5.54 Å². The third-order valence-corrected chi connectivity index (χ3v) is 4.94. The summed E-state index contributed by atoms with van der Waals surface area (Å²) < 4.78 is 0. The smallest absolute Gasteiger partial charge is 0.251 e. The Labute approximate surface area is 165 Å². The fourth-order valence-corrected chi connectivity index (χ4v) is 3.71. The van der Waals surface area contributed by atoms with Crippen molar-refractivity contribution in [1.82, 2.24) is 10.2 Å². The Balaban J connectivity index is 2.15. The van der Waals surface area contributed by atoms with Gasteiger partial charge in [0.2, 0.25) is 0 Å². The molecule has 0 aromatic heterocycles. The number of nitrogens with zero attached hydrogens (tertiary/aromatic N) is 2. The number of fused-ring (bicyclic) bond motifs is 1. The lowest BCUT2D eigenvalue weighted by atomic mass is 9.94. The highest BCUT2D eigenvalue weighted by Crippen LogP contribution is 2.38. The van der Waals surface area contributed by atoms with Crippen molar-refractivity contribution in [3.05, 3.63) is 71.1 Å². The summed E-state index contributed by atoms with van der Waals surface area (Å²) in [5, 5.41) is 3.36. The zero-order valence-corrected chi connectivity index (χ0v) is 16.2. The van der Waals surface area contributed by atoms with Gasteiger partial charge in [-0.1, -0.05) is 42.0 Å². The van der Waals surface area contributed by atoms with Gasteiger partial charge in [0.15, 0.2) is 0 Å². The van der Waals surface area contributed by atoms with Gasteiger partial charge in [-0.3, -0.25) is 4.79 Å². The minimum Gasteiger partial charge on any atom is -0.370 e. The molecule has 5 nitrogen and oxygen atoms in total. The van der Waals surface area contributed by atoms with E-state index in [1.54, 1.807) is 0 Å². The summed E-state index contributed by atoms with van der Waals surface area (Å²) in [6.07, 6.45) is 7.83. The van der Waals surface area contributed by atoms with Crippen LogP contribution in [0, 0.1) is 0 Å². The van der Waals surface area contributed by atoms with Crippen LogP contribution in [0.1, 0.15) is 12.5 Å². The summed E-state index contributed by atoms with van der Waals surface area (Å²) >= 11 is 5.91. The van der Waals surface area contributed by atoms with Crippen molar-refractivity contribution in [1.29, 1.82) is 0 Å². The maximum Gasteiger partial charge on any atom is 0.251 e. The highest BCUT2D eigenvalue weighted by Gasteiger charge is 2.31. The zero-order chi connectivity index (χ0) is 19.2. The van der Waals surface area contributed by atoms with Crippen molar-refractivity contribution in [2.24, 2.45) is 5.73 Å². The molecule has 0 spiro atoms. The molecule has 142 valence electrons. The molecule has 3 rings (SSSR count). The van der Waals surface area contributed by atoms with Crippen molar-refractivity contribution in [2.75, 3.05) is 37.6 Å². The monoisotopic (exact) mass is 384 g/mol. The molecule has 2 heterocycles. The van der Waals surface area contributed by atoms with Gasteiger partial charge in [0, 0.05) is 54.4 Å². The van der Waals surface area contributed by atoms with E-state index >= 15 is 0 Å². The summed E-state index contributed by atoms with van der Waals surface area (Å²) in [5.41, 5.74) is 11.7. The van der Waals surface area contributed by atoms with Crippen LogP contribution < -0.4 is 16.0 Å². The maximum absolute atomic E-state index is 12.4. The predicted molar refractivity (Wildman–Crippen MR) is 112 cm³/mol. The Morgan fingerprint density at radius 3 is 2.67 bits per heavy atom. The Bertz CT molecular complexity index is 819. The van der Waals surface area contributed by atoms with E-state index in [0.29, 0.717) is 12.1 Å². The molecule has 1 saturated heterocycles. The van der Waals surface area contributed by atoms with Crippen LogP contribution in [0.15, 0.2) is 65.5 Å². The molecule has 6 heteroatoms. The van der Waals surface area contributed by atoms with E-state index in [9.17, 15) is 4.79 Å². The average molecular weight is 385 g/mol. The van der Waals surface area contributed by atoms with Gasteiger partial charge in [-0.25, -0.2) is 0 Å². The number of carbonyl (C=O) groups is 1. The van der Waals surface area contributed by atoms with Gasteiger partial charge in [-0.15, -0.1) is 0 Å². The van der Waals surface area contributed by atoms with Crippen LogP contribution in [0.2, 0.25) is 0 Å². The molecule has 1 fully saturated rings. The van der Waals surface area contributed by atoms with Gasteiger partial charge in [0.1, 0.15) is 0 Å². The lowest BCUT2D eigenvalue weighted by Gasteiger charge is -2.40. The van der Waals surface area contributed by atoms with Crippen LogP contribution in [-0.2, 0) is 4.79 Å². The van der Waals surface area contributed by atoms with Crippen molar-refractivity contribution >= 4 is 28.8 Å². The Hall–Kier alpha value is -2.50. The third-order valence-electron chi connectivity index (χ3n) is 4.81. The number of amides is 1. The summed E-state index contributed by atoms with van der Waals surface area (Å²) in [7, 11) is 0. The third kappa shape index (κ3) is 4.10. The molecule has 0 bridgehead atoms. The molecule has 0 radical (unpaired) electrons. The van der Waals surface area contributed by atoms with E-state index in [0.717, 1.165) is 48.8 Å². The van der Waals surface area contributed by atoms with Crippen LogP contribution in [0.5, 0.6) is 0 Å². The SMILES string of the molecule is C\C=C/C=C(\C=C\Cl)N1CC(N2CCNCC2)=C(C(N)=O)c2ccccc21. The van der Waals surface area contributed by atoms with Crippen LogP contribution in [0.3, 0.4) is 0 Å². The van der Waals surface area contributed by atoms with Crippen molar-refractivity contribution in [3.63, 3.8) is 0 Å². The quantitative estimate of drug-likeness (QED) is 0.766. The van der Waals surface area contributed by atoms with E-state index < -0.39 is 0 Å². The van der Waals surface area contributed by atoms with E-state index in [1.807, 2.05) is 55.5 Å². The number of hydrogen-bond donors (Lipinski definition) is 2. The predicted octanol–water partition coefficient (Wildman–Crippen LogP) is 2.82.